The average Bonchev–Trinajstić information content (AvgIpc) is 2.77. The second kappa shape index (κ2) is 7.74. The van der Waals surface area contributed by atoms with E-state index < -0.39 is 5.97 Å². The lowest BCUT2D eigenvalue weighted by molar-refractivity contribution is -0.141. The van der Waals surface area contributed by atoms with Crippen LogP contribution < -0.4 is 0 Å². The summed E-state index contributed by atoms with van der Waals surface area (Å²) in [6, 6.07) is 0. The molecule has 1 atom stereocenters. The molecule has 1 aliphatic rings. The standard InChI is InChI=1S/C14H28N2O2/c1-12(2)10-16(11-13(3)14(17)18)9-8-15-6-4-5-7-15/h12-13H,4-11H2,1-3H3,(H,17,18). The molecule has 0 aliphatic carbocycles. The van der Waals surface area contributed by atoms with Crippen molar-refractivity contribution in [1.82, 2.24) is 9.80 Å². The molecule has 0 spiro atoms. The van der Waals surface area contributed by atoms with E-state index in [4.69, 9.17) is 5.11 Å². The first-order valence-electron chi connectivity index (χ1n) is 7.16. The van der Waals surface area contributed by atoms with Gasteiger partial charge in [0.15, 0.2) is 0 Å². The maximum Gasteiger partial charge on any atom is 0.307 e. The molecular formula is C14H28N2O2. The van der Waals surface area contributed by atoms with E-state index in [9.17, 15) is 4.79 Å². The zero-order valence-electron chi connectivity index (χ0n) is 12.1. The van der Waals surface area contributed by atoms with Crippen molar-refractivity contribution < 1.29 is 9.90 Å². The zero-order valence-corrected chi connectivity index (χ0v) is 12.1. The van der Waals surface area contributed by atoms with Gasteiger partial charge < -0.3 is 14.9 Å². The molecule has 1 rings (SSSR count). The summed E-state index contributed by atoms with van der Waals surface area (Å²) < 4.78 is 0. The number of hydrogen-bond donors (Lipinski definition) is 1. The molecule has 0 saturated carbocycles. The van der Waals surface area contributed by atoms with Gasteiger partial charge in [0.05, 0.1) is 5.92 Å². The Morgan fingerprint density at radius 2 is 1.83 bits per heavy atom. The van der Waals surface area contributed by atoms with Crippen LogP contribution in [0.15, 0.2) is 0 Å². The molecule has 1 aliphatic heterocycles. The first kappa shape index (κ1) is 15.4. The summed E-state index contributed by atoms with van der Waals surface area (Å²) in [5.41, 5.74) is 0. The highest BCUT2D eigenvalue weighted by molar-refractivity contribution is 5.69. The van der Waals surface area contributed by atoms with Gasteiger partial charge in [-0.2, -0.15) is 0 Å². The Balaban J connectivity index is 2.36. The van der Waals surface area contributed by atoms with Crippen LogP contribution in [-0.4, -0.2) is 60.1 Å². The Kier molecular flexibility index (Phi) is 6.65. The third-order valence-corrected chi connectivity index (χ3v) is 3.51. The largest absolute Gasteiger partial charge is 0.481 e. The summed E-state index contributed by atoms with van der Waals surface area (Å²) in [7, 11) is 0. The number of carbonyl (C=O) groups is 1. The van der Waals surface area contributed by atoms with Crippen molar-refractivity contribution in [2.45, 2.75) is 33.6 Å². The van der Waals surface area contributed by atoms with Crippen LogP contribution in [0.4, 0.5) is 0 Å². The normalized spacial score (nSPS) is 18.7. The van der Waals surface area contributed by atoms with E-state index in [0.29, 0.717) is 12.5 Å². The van der Waals surface area contributed by atoms with Crippen molar-refractivity contribution >= 4 is 5.97 Å². The van der Waals surface area contributed by atoms with Crippen molar-refractivity contribution in [2.75, 3.05) is 39.3 Å². The highest BCUT2D eigenvalue weighted by Gasteiger charge is 2.18. The third kappa shape index (κ3) is 5.83. The second-order valence-electron chi connectivity index (χ2n) is 5.94. The van der Waals surface area contributed by atoms with Crippen molar-refractivity contribution in [3.63, 3.8) is 0 Å². The van der Waals surface area contributed by atoms with Gasteiger partial charge >= 0.3 is 5.97 Å². The Morgan fingerprint density at radius 1 is 1.22 bits per heavy atom. The number of hydrogen-bond acceptors (Lipinski definition) is 3. The predicted octanol–water partition coefficient (Wildman–Crippen LogP) is 1.76. The van der Waals surface area contributed by atoms with Gasteiger partial charge in [0.1, 0.15) is 0 Å². The molecule has 0 aromatic rings. The quantitative estimate of drug-likeness (QED) is 0.719. The Labute approximate surface area is 111 Å². The van der Waals surface area contributed by atoms with Crippen molar-refractivity contribution in [2.24, 2.45) is 11.8 Å². The SMILES string of the molecule is CC(C)CN(CCN1CCCC1)CC(C)C(=O)O. The molecule has 0 aromatic heterocycles. The lowest BCUT2D eigenvalue weighted by atomic mass is 10.1. The van der Waals surface area contributed by atoms with Crippen molar-refractivity contribution in [3.05, 3.63) is 0 Å². The molecule has 0 radical (unpaired) electrons. The molecule has 1 fully saturated rings. The zero-order chi connectivity index (χ0) is 13.5. The maximum atomic E-state index is 10.9. The first-order chi connectivity index (χ1) is 8.49. The smallest absolute Gasteiger partial charge is 0.307 e. The van der Waals surface area contributed by atoms with Crippen LogP contribution in [0.1, 0.15) is 33.6 Å². The first-order valence-corrected chi connectivity index (χ1v) is 7.16. The number of carboxylic acid groups (broad SMARTS) is 1. The number of nitrogens with zero attached hydrogens (tertiary/aromatic N) is 2. The van der Waals surface area contributed by atoms with Gasteiger partial charge in [-0.3, -0.25) is 4.79 Å². The summed E-state index contributed by atoms with van der Waals surface area (Å²) >= 11 is 0. The summed E-state index contributed by atoms with van der Waals surface area (Å²) in [6.07, 6.45) is 2.63. The van der Waals surface area contributed by atoms with E-state index >= 15 is 0 Å². The van der Waals surface area contributed by atoms with Crippen LogP contribution in [0.5, 0.6) is 0 Å². The van der Waals surface area contributed by atoms with Crippen molar-refractivity contribution in [3.8, 4) is 0 Å². The molecule has 0 bridgehead atoms. The minimum absolute atomic E-state index is 0.276. The van der Waals surface area contributed by atoms with Crippen LogP contribution >= 0.6 is 0 Å². The molecule has 18 heavy (non-hydrogen) atoms. The summed E-state index contributed by atoms with van der Waals surface area (Å²) in [6.45, 7) is 12.3. The lowest BCUT2D eigenvalue weighted by Gasteiger charge is -2.28. The van der Waals surface area contributed by atoms with E-state index in [1.807, 2.05) is 0 Å². The fourth-order valence-corrected chi connectivity index (χ4v) is 2.53. The van der Waals surface area contributed by atoms with Gasteiger partial charge in [-0.05, 0) is 31.8 Å². The minimum Gasteiger partial charge on any atom is -0.481 e. The molecule has 0 amide bonds. The topological polar surface area (TPSA) is 43.8 Å². The van der Waals surface area contributed by atoms with Crippen LogP contribution in [0.3, 0.4) is 0 Å². The Bertz CT molecular complexity index is 250. The number of rotatable bonds is 8. The van der Waals surface area contributed by atoms with E-state index in [-0.39, 0.29) is 5.92 Å². The molecule has 1 heterocycles. The molecule has 1 saturated heterocycles. The van der Waals surface area contributed by atoms with Gasteiger partial charge in [-0.15, -0.1) is 0 Å². The monoisotopic (exact) mass is 256 g/mol. The molecule has 106 valence electrons. The summed E-state index contributed by atoms with van der Waals surface area (Å²) in [5.74, 6) is -0.378. The molecule has 1 unspecified atom stereocenters. The van der Waals surface area contributed by atoms with Gasteiger partial charge in [0.2, 0.25) is 0 Å². The molecule has 4 nitrogen and oxygen atoms in total. The summed E-state index contributed by atoms with van der Waals surface area (Å²) in [5, 5.41) is 9.01. The third-order valence-electron chi connectivity index (χ3n) is 3.51. The van der Waals surface area contributed by atoms with Crippen LogP contribution in [0, 0.1) is 11.8 Å². The molecule has 0 aromatic carbocycles. The summed E-state index contributed by atoms with van der Waals surface area (Å²) in [4.78, 5) is 15.7. The van der Waals surface area contributed by atoms with E-state index in [1.54, 1.807) is 6.92 Å². The second-order valence-corrected chi connectivity index (χ2v) is 5.94. The van der Waals surface area contributed by atoms with Crippen molar-refractivity contribution in [1.29, 1.82) is 0 Å². The predicted molar refractivity (Wildman–Crippen MR) is 73.8 cm³/mol. The molecule has 4 heteroatoms. The fourth-order valence-electron chi connectivity index (χ4n) is 2.53. The Hall–Kier alpha value is -0.610. The van der Waals surface area contributed by atoms with Gasteiger partial charge in [0, 0.05) is 26.2 Å². The number of likely N-dealkylation sites (tertiary alicyclic amines) is 1. The average molecular weight is 256 g/mol. The number of carboxylic acids is 1. The van der Waals surface area contributed by atoms with E-state index in [0.717, 1.165) is 19.6 Å². The van der Waals surface area contributed by atoms with Crippen LogP contribution in [0.2, 0.25) is 0 Å². The fraction of sp³-hybridized carbons (Fsp3) is 0.929. The Morgan fingerprint density at radius 3 is 2.33 bits per heavy atom. The molecule has 1 N–H and O–H groups in total. The highest BCUT2D eigenvalue weighted by Crippen LogP contribution is 2.09. The van der Waals surface area contributed by atoms with Gasteiger partial charge in [-0.1, -0.05) is 20.8 Å². The maximum absolute atomic E-state index is 10.9. The minimum atomic E-state index is -0.690. The van der Waals surface area contributed by atoms with Gasteiger partial charge in [0.25, 0.3) is 0 Å². The number of aliphatic carboxylic acids is 1. The van der Waals surface area contributed by atoms with E-state index in [2.05, 4.69) is 23.6 Å². The van der Waals surface area contributed by atoms with Crippen LogP contribution in [0.25, 0.3) is 0 Å². The molecular weight excluding hydrogens is 228 g/mol. The lowest BCUT2D eigenvalue weighted by Crippen LogP contribution is -2.39. The van der Waals surface area contributed by atoms with E-state index in [1.165, 1.54) is 25.9 Å². The van der Waals surface area contributed by atoms with Crippen LogP contribution in [-0.2, 0) is 4.79 Å². The highest BCUT2D eigenvalue weighted by atomic mass is 16.4. The van der Waals surface area contributed by atoms with Gasteiger partial charge in [-0.25, -0.2) is 0 Å².